The van der Waals surface area contributed by atoms with Gasteiger partial charge in [0, 0.05) is 19.5 Å². The minimum absolute atomic E-state index is 0.337. The maximum Gasteiger partial charge on any atom is 0.222 e. The molecule has 1 saturated heterocycles. The van der Waals surface area contributed by atoms with E-state index in [9.17, 15) is 4.79 Å². The molecule has 0 unspecified atom stereocenters. The number of nitrogens with zero attached hydrogens (tertiary/aromatic N) is 1. The molecule has 1 fully saturated rings. The molecule has 3 heteroatoms. The summed E-state index contributed by atoms with van der Waals surface area (Å²) in [6, 6.07) is 15.6. The number of fused-ring (bicyclic) bond motifs is 3. The number of benzene rings is 2. The molecule has 0 bridgehead atoms. The van der Waals surface area contributed by atoms with E-state index in [2.05, 4.69) is 52.7 Å². The lowest BCUT2D eigenvalue weighted by atomic mass is 9.96. The van der Waals surface area contributed by atoms with Gasteiger partial charge in [0.25, 0.3) is 0 Å². The van der Waals surface area contributed by atoms with Gasteiger partial charge in [0.15, 0.2) is 0 Å². The van der Waals surface area contributed by atoms with Crippen molar-refractivity contribution < 1.29 is 4.79 Å². The number of aryl methyl sites for hydroxylation is 1. The maximum absolute atomic E-state index is 12.5. The van der Waals surface area contributed by atoms with Crippen LogP contribution in [0.15, 0.2) is 42.5 Å². The lowest BCUT2D eigenvalue weighted by Gasteiger charge is -2.32. The van der Waals surface area contributed by atoms with Crippen LogP contribution in [-0.4, -0.2) is 37.5 Å². The van der Waals surface area contributed by atoms with Crippen molar-refractivity contribution in [2.75, 3.05) is 26.7 Å². The van der Waals surface area contributed by atoms with Crippen LogP contribution in [0.25, 0.3) is 11.1 Å². The Morgan fingerprint density at radius 2 is 1.85 bits per heavy atom. The summed E-state index contributed by atoms with van der Waals surface area (Å²) in [4.78, 5) is 14.6. The van der Waals surface area contributed by atoms with Gasteiger partial charge in [-0.2, -0.15) is 0 Å². The van der Waals surface area contributed by atoms with Gasteiger partial charge in [-0.25, -0.2) is 0 Å². The second kappa shape index (κ2) is 8.26. The lowest BCUT2D eigenvalue weighted by molar-refractivity contribution is -0.132. The Morgan fingerprint density at radius 1 is 1.07 bits per heavy atom. The van der Waals surface area contributed by atoms with E-state index in [0.717, 1.165) is 57.7 Å². The second-order valence-corrected chi connectivity index (χ2v) is 8.06. The van der Waals surface area contributed by atoms with Crippen molar-refractivity contribution in [2.24, 2.45) is 5.92 Å². The molecule has 2 aromatic rings. The molecule has 0 atom stereocenters. The number of rotatable bonds is 6. The minimum Gasteiger partial charge on any atom is -0.343 e. The number of amides is 1. The summed E-state index contributed by atoms with van der Waals surface area (Å²) in [5.74, 6) is 1.07. The molecule has 0 spiro atoms. The van der Waals surface area contributed by atoms with Gasteiger partial charge in [-0.3, -0.25) is 4.79 Å². The summed E-state index contributed by atoms with van der Waals surface area (Å²) in [6.07, 6.45) is 5.92. The lowest BCUT2D eigenvalue weighted by Crippen LogP contribution is -2.40. The normalized spacial score (nSPS) is 16.3. The molecule has 3 nitrogen and oxygen atoms in total. The number of hydrogen-bond donors (Lipinski definition) is 1. The zero-order valence-electron chi connectivity index (χ0n) is 16.3. The Hall–Kier alpha value is -2.13. The molecule has 4 rings (SSSR count). The molecule has 0 radical (unpaired) electrons. The molecule has 142 valence electrons. The van der Waals surface area contributed by atoms with E-state index in [4.69, 9.17) is 0 Å². The Bertz CT molecular complexity index is 806. The van der Waals surface area contributed by atoms with Crippen LogP contribution in [0.1, 0.15) is 42.4 Å². The van der Waals surface area contributed by atoms with Crippen molar-refractivity contribution in [1.29, 1.82) is 0 Å². The molecule has 0 saturated carbocycles. The van der Waals surface area contributed by atoms with Crippen LogP contribution in [0, 0.1) is 5.92 Å². The zero-order valence-corrected chi connectivity index (χ0v) is 16.3. The van der Waals surface area contributed by atoms with Crippen LogP contribution in [0.3, 0.4) is 0 Å². The zero-order chi connectivity index (χ0) is 18.6. The second-order valence-electron chi connectivity index (χ2n) is 8.06. The molecule has 2 aliphatic rings. The number of piperidine rings is 1. The first-order valence-electron chi connectivity index (χ1n) is 10.4. The molecule has 1 heterocycles. The van der Waals surface area contributed by atoms with E-state index in [1.807, 2.05) is 7.05 Å². The largest absolute Gasteiger partial charge is 0.343 e. The fraction of sp³-hybridized carbons (Fsp3) is 0.458. The van der Waals surface area contributed by atoms with E-state index in [0.29, 0.717) is 12.3 Å². The Morgan fingerprint density at radius 3 is 2.67 bits per heavy atom. The van der Waals surface area contributed by atoms with Crippen molar-refractivity contribution in [3.8, 4) is 11.1 Å². The summed E-state index contributed by atoms with van der Waals surface area (Å²) in [5, 5.41) is 3.25. The van der Waals surface area contributed by atoms with Crippen molar-refractivity contribution >= 4 is 5.91 Å². The minimum atomic E-state index is 0.337. The predicted octanol–water partition coefficient (Wildman–Crippen LogP) is 4.04. The van der Waals surface area contributed by atoms with Gasteiger partial charge in [0.05, 0.1) is 0 Å². The first-order valence-corrected chi connectivity index (χ1v) is 10.4. The summed E-state index contributed by atoms with van der Waals surface area (Å²) >= 11 is 0. The van der Waals surface area contributed by atoms with E-state index in [-0.39, 0.29) is 0 Å². The molecular weight excluding hydrogens is 332 g/mol. The van der Waals surface area contributed by atoms with Crippen molar-refractivity contribution in [3.63, 3.8) is 0 Å². The fourth-order valence-corrected chi connectivity index (χ4v) is 4.60. The highest BCUT2D eigenvalue weighted by Crippen LogP contribution is 2.37. The highest BCUT2D eigenvalue weighted by Gasteiger charge is 2.22. The molecule has 0 aromatic heterocycles. The predicted molar refractivity (Wildman–Crippen MR) is 111 cm³/mol. The van der Waals surface area contributed by atoms with Gasteiger partial charge in [-0.05, 0) is 79.4 Å². The van der Waals surface area contributed by atoms with Crippen LogP contribution < -0.4 is 5.32 Å². The molecule has 27 heavy (non-hydrogen) atoms. The van der Waals surface area contributed by atoms with Crippen LogP contribution >= 0.6 is 0 Å². The fourth-order valence-electron chi connectivity index (χ4n) is 4.60. The topological polar surface area (TPSA) is 32.3 Å². The first kappa shape index (κ1) is 18.2. The van der Waals surface area contributed by atoms with Crippen LogP contribution in [0.2, 0.25) is 0 Å². The number of likely N-dealkylation sites (tertiary alicyclic amines) is 1. The van der Waals surface area contributed by atoms with E-state index < -0.39 is 0 Å². The summed E-state index contributed by atoms with van der Waals surface area (Å²) in [5.41, 5.74) is 6.99. The average Bonchev–Trinajstić information content (AvgIpc) is 3.07. The van der Waals surface area contributed by atoms with Crippen LogP contribution in [0.4, 0.5) is 0 Å². The van der Waals surface area contributed by atoms with E-state index in [1.165, 1.54) is 27.8 Å². The highest BCUT2D eigenvalue weighted by atomic mass is 16.2. The first-order chi connectivity index (χ1) is 13.2. The monoisotopic (exact) mass is 362 g/mol. The van der Waals surface area contributed by atoms with Gasteiger partial charge in [0.2, 0.25) is 5.91 Å². The van der Waals surface area contributed by atoms with Crippen molar-refractivity contribution in [1.82, 2.24) is 10.2 Å². The van der Waals surface area contributed by atoms with Gasteiger partial charge in [0.1, 0.15) is 0 Å². The van der Waals surface area contributed by atoms with Crippen LogP contribution in [-0.2, 0) is 17.6 Å². The van der Waals surface area contributed by atoms with Gasteiger partial charge in [-0.1, -0.05) is 42.5 Å². The van der Waals surface area contributed by atoms with Crippen molar-refractivity contribution in [3.05, 3.63) is 59.2 Å². The number of hydrogen-bond acceptors (Lipinski definition) is 2. The molecule has 2 aromatic carbocycles. The Kier molecular flexibility index (Phi) is 5.58. The molecule has 1 N–H and O–H groups in total. The average molecular weight is 363 g/mol. The molecule has 1 aliphatic carbocycles. The van der Waals surface area contributed by atoms with E-state index >= 15 is 0 Å². The standard InChI is InChI=1S/C24H30N2O/c1-25-17-19-11-13-26(14-12-19)24(27)8-4-5-18-9-10-21-16-20-6-2-3-7-22(20)23(21)15-18/h2-3,6-7,9-10,15,19,25H,4-5,8,11-14,16-17H2,1H3. The Labute approximate surface area is 162 Å². The molecule has 1 aliphatic heterocycles. The maximum atomic E-state index is 12.5. The summed E-state index contributed by atoms with van der Waals surface area (Å²) in [7, 11) is 2.01. The summed E-state index contributed by atoms with van der Waals surface area (Å²) in [6.45, 7) is 2.94. The quantitative estimate of drug-likeness (QED) is 0.718. The highest BCUT2D eigenvalue weighted by molar-refractivity contribution is 5.77. The summed E-state index contributed by atoms with van der Waals surface area (Å²) < 4.78 is 0. The third kappa shape index (κ3) is 4.08. The third-order valence-electron chi connectivity index (χ3n) is 6.18. The van der Waals surface area contributed by atoms with Gasteiger partial charge >= 0.3 is 0 Å². The molecular formula is C24H30N2O. The number of carbonyl (C=O) groups excluding carboxylic acids is 1. The third-order valence-corrected chi connectivity index (χ3v) is 6.18. The van der Waals surface area contributed by atoms with Gasteiger partial charge < -0.3 is 10.2 Å². The SMILES string of the molecule is CNCC1CCN(C(=O)CCCc2ccc3c(c2)-c2ccccc2C3)CC1. The Balaban J connectivity index is 1.29. The van der Waals surface area contributed by atoms with Crippen LogP contribution in [0.5, 0.6) is 0 Å². The van der Waals surface area contributed by atoms with E-state index in [1.54, 1.807) is 0 Å². The number of carbonyl (C=O) groups is 1. The number of nitrogens with one attached hydrogen (secondary N) is 1. The molecule has 1 amide bonds. The smallest absolute Gasteiger partial charge is 0.222 e. The van der Waals surface area contributed by atoms with Gasteiger partial charge in [-0.15, -0.1) is 0 Å². The van der Waals surface area contributed by atoms with Crippen molar-refractivity contribution in [2.45, 2.75) is 38.5 Å².